The molecular formula is C17H23NO3. The fourth-order valence-electron chi connectivity index (χ4n) is 2.86. The number of ketones is 1. The highest BCUT2D eigenvalue weighted by molar-refractivity contribution is 5.86. The topological polar surface area (TPSA) is 55.4 Å². The molecule has 0 aliphatic heterocycles. The zero-order valence-electron chi connectivity index (χ0n) is 12.7. The molecule has 0 radical (unpaired) electrons. The van der Waals surface area contributed by atoms with Crippen molar-refractivity contribution in [2.45, 2.75) is 45.2 Å². The summed E-state index contributed by atoms with van der Waals surface area (Å²) >= 11 is 0. The first-order valence-electron chi connectivity index (χ1n) is 7.61. The summed E-state index contributed by atoms with van der Waals surface area (Å²) in [4.78, 5) is 23.7. The van der Waals surface area contributed by atoms with Crippen LogP contribution >= 0.6 is 0 Å². The van der Waals surface area contributed by atoms with Crippen molar-refractivity contribution in [1.82, 2.24) is 5.32 Å². The van der Waals surface area contributed by atoms with E-state index in [2.05, 4.69) is 24.4 Å². The maximum Gasteiger partial charge on any atom is 0.310 e. The number of carbonyl (C=O) groups is 2. The zero-order valence-corrected chi connectivity index (χ0v) is 12.7. The van der Waals surface area contributed by atoms with Crippen molar-refractivity contribution < 1.29 is 14.3 Å². The van der Waals surface area contributed by atoms with E-state index >= 15 is 0 Å². The van der Waals surface area contributed by atoms with Crippen LogP contribution in [0, 0.1) is 5.92 Å². The van der Waals surface area contributed by atoms with Gasteiger partial charge in [-0.05, 0) is 25.8 Å². The number of hydrogen-bond donors (Lipinski definition) is 1. The van der Waals surface area contributed by atoms with E-state index in [1.54, 1.807) is 6.92 Å². The fourth-order valence-corrected chi connectivity index (χ4v) is 2.86. The van der Waals surface area contributed by atoms with Gasteiger partial charge in [0.05, 0.1) is 12.5 Å². The number of rotatable bonds is 5. The summed E-state index contributed by atoms with van der Waals surface area (Å²) in [6.07, 6.45) is 1.52. The Bertz CT molecular complexity index is 486. The molecule has 1 aliphatic carbocycles. The zero-order chi connectivity index (χ0) is 15.2. The highest BCUT2D eigenvalue weighted by atomic mass is 16.5. The summed E-state index contributed by atoms with van der Waals surface area (Å²) in [5, 5.41) is 3.49. The van der Waals surface area contributed by atoms with Gasteiger partial charge in [0.2, 0.25) is 0 Å². The average Bonchev–Trinajstić information content (AvgIpc) is 2.50. The van der Waals surface area contributed by atoms with E-state index in [-0.39, 0.29) is 36.2 Å². The van der Waals surface area contributed by atoms with Crippen LogP contribution in [0.25, 0.3) is 0 Å². The highest BCUT2D eigenvalue weighted by Gasteiger charge is 2.36. The maximum absolute atomic E-state index is 12.1. The summed E-state index contributed by atoms with van der Waals surface area (Å²) in [5.74, 6) is -0.473. The van der Waals surface area contributed by atoms with Gasteiger partial charge in [0.1, 0.15) is 5.78 Å². The Labute approximate surface area is 125 Å². The van der Waals surface area contributed by atoms with Gasteiger partial charge < -0.3 is 10.1 Å². The predicted molar refractivity (Wildman–Crippen MR) is 80.8 cm³/mol. The Kier molecular flexibility index (Phi) is 5.51. The molecule has 1 N–H and O–H groups in total. The minimum absolute atomic E-state index is 0.00282. The fraction of sp³-hybridized carbons (Fsp3) is 0.529. The van der Waals surface area contributed by atoms with E-state index in [4.69, 9.17) is 4.74 Å². The van der Waals surface area contributed by atoms with Crippen LogP contribution in [0.15, 0.2) is 30.3 Å². The van der Waals surface area contributed by atoms with Crippen LogP contribution in [0.4, 0.5) is 0 Å². The quantitative estimate of drug-likeness (QED) is 0.847. The third-order valence-electron chi connectivity index (χ3n) is 4.02. The van der Waals surface area contributed by atoms with Crippen LogP contribution in [-0.4, -0.2) is 24.4 Å². The molecule has 1 aliphatic rings. The van der Waals surface area contributed by atoms with Gasteiger partial charge in [0.25, 0.3) is 0 Å². The number of carbonyl (C=O) groups excluding carboxylic acids is 2. The molecule has 1 aromatic carbocycles. The standard InChI is InChI=1S/C17H23NO3/c1-3-21-17(20)15-11-14(19)9-10-16(15)18-12(2)13-7-5-4-6-8-13/h4-8,12,15-16,18H,3,9-11H2,1-2H3/t12-,15+,16-/m0/s1. The molecule has 0 heterocycles. The highest BCUT2D eigenvalue weighted by Crippen LogP contribution is 2.26. The molecule has 1 fully saturated rings. The lowest BCUT2D eigenvalue weighted by molar-refractivity contribution is -0.152. The van der Waals surface area contributed by atoms with Crippen LogP contribution in [0.2, 0.25) is 0 Å². The number of ether oxygens (including phenoxy) is 1. The molecule has 0 aromatic heterocycles. The lowest BCUT2D eigenvalue weighted by atomic mass is 9.83. The first kappa shape index (κ1) is 15.7. The molecule has 0 spiro atoms. The van der Waals surface area contributed by atoms with Crippen molar-refractivity contribution in [2.24, 2.45) is 5.92 Å². The van der Waals surface area contributed by atoms with Crippen molar-refractivity contribution in [3.8, 4) is 0 Å². The van der Waals surface area contributed by atoms with Crippen molar-refractivity contribution >= 4 is 11.8 Å². The maximum atomic E-state index is 12.1. The first-order chi connectivity index (χ1) is 10.1. The van der Waals surface area contributed by atoms with E-state index < -0.39 is 0 Å². The predicted octanol–water partition coefficient (Wildman–Crippen LogP) is 2.64. The molecule has 21 heavy (non-hydrogen) atoms. The number of hydrogen-bond acceptors (Lipinski definition) is 4. The van der Waals surface area contributed by atoms with Crippen molar-refractivity contribution in [2.75, 3.05) is 6.61 Å². The third kappa shape index (κ3) is 4.14. The molecule has 4 nitrogen and oxygen atoms in total. The van der Waals surface area contributed by atoms with E-state index in [0.717, 1.165) is 0 Å². The number of benzene rings is 1. The van der Waals surface area contributed by atoms with Crippen molar-refractivity contribution in [1.29, 1.82) is 0 Å². The smallest absolute Gasteiger partial charge is 0.310 e. The van der Waals surface area contributed by atoms with Crippen molar-refractivity contribution in [3.63, 3.8) is 0 Å². The third-order valence-corrected chi connectivity index (χ3v) is 4.02. The molecule has 3 atom stereocenters. The Morgan fingerprint density at radius 3 is 2.76 bits per heavy atom. The molecular weight excluding hydrogens is 266 g/mol. The lowest BCUT2D eigenvalue weighted by Gasteiger charge is -2.32. The monoisotopic (exact) mass is 289 g/mol. The van der Waals surface area contributed by atoms with Gasteiger partial charge in [-0.15, -0.1) is 0 Å². The second-order valence-corrected chi connectivity index (χ2v) is 5.55. The van der Waals surface area contributed by atoms with E-state index in [1.807, 2.05) is 18.2 Å². The summed E-state index contributed by atoms with van der Waals surface area (Å²) in [6.45, 7) is 4.22. The van der Waals surface area contributed by atoms with E-state index in [0.29, 0.717) is 19.4 Å². The normalized spacial score (nSPS) is 23.6. The second kappa shape index (κ2) is 7.36. The van der Waals surface area contributed by atoms with Gasteiger partial charge in [0, 0.05) is 24.9 Å². The van der Waals surface area contributed by atoms with Crippen LogP contribution in [0.5, 0.6) is 0 Å². The Hall–Kier alpha value is -1.68. The molecule has 114 valence electrons. The summed E-state index contributed by atoms with van der Waals surface area (Å²) < 4.78 is 5.12. The largest absolute Gasteiger partial charge is 0.466 e. The molecule has 1 aromatic rings. The number of nitrogens with one attached hydrogen (secondary N) is 1. The number of esters is 1. The molecule has 0 bridgehead atoms. The van der Waals surface area contributed by atoms with E-state index in [9.17, 15) is 9.59 Å². The minimum Gasteiger partial charge on any atom is -0.466 e. The summed E-state index contributed by atoms with van der Waals surface area (Å²) in [6, 6.07) is 10.2. The van der Waals surface area contributed by atoms with Gasteiger partial charge in [-0.1, -0.05) is 30.3 Å². The molecule has 1 saturated carbocycles. The average molecular weight is 289 g/mol. The molecule has 2 rings (SSSR count). The molecule has 0 amide bonds. The lowest BCUT2D eigenvalue weighted by Crippen LogP contribution is -2.45. The van der Waals surface area contributed by atoms with Gasteiger partial charge in [-0.3, -0.25) is 9.59 Å². The Balaban J connectivity index is 2.05. The minimum atomic E-state index is -0.364. The summed E-state index contributed by atoms with van der Waals surface area (Å²) in [5.41, 5.74) is 1.18. The first-order valence-corrected chi connectivity index (χ1v) is 7.61. The summed E-state index contributed by atoms with van der Waals surface area (Å²) in [7, 11) is 0. The molecule has 4 heteroatoms. The second-order valence-electron chi connectivity index (χ2n) is 5.55. The van der Waals surface area contributed by atoms with E-state index in [1.165, 1.54) is 5.56 Å². The van der Waals surface area contributed by atoms with Crippen LogP contribution < -0.4 is 5.32 Å². The van der Waals surface area contributed by atoms with Gasteiger partial charge in [-0.2, -0.15) is 0 Å². The van der Waals surface area contributed by atoms with Gasteiger partial charge in [0.15, 0.2) is 0 Å². The van der Waals surface area contributed by atoms with Crippen LogP contribution in [0.1, 0.15) is 44.7 Å². The van der Waals surface area contributed by atoms with Gasteiger partial charge in [-0.25, -0.2) is 0 Å². The SMILES string of the molecule is CCOC(=O)[C@@H]1CC(=O)CC[C@@H]1N[C@@H](C)c1ccccc1. The van der Waals surface area contributed by atoms with Crippen molar-refractivity contribution in [3.05, 3.63) is 35.9 Å². The van der Waals surface area contributed by atoms with Crippen LogP contribution in [-0.2, 0) is 14.3 Å². The number of Topliss-reactive ketones (excluding diaryl/α,β-unsaturated/α-hetero) is 1. The molecule has 0 saturated heterocycles. The Morgan fingerprint density at radius 1 is 1.38 bits per heavy atom. The van der Waals surface area contributed by atoms with Gasteiger partial charge >= 0.3 is 5.97 Å². The van der Waals surface area contributed by atoms with Crippen LogP contribution in [0.3, 0.4) is 0 Å². The Morgan fingerprint density at radius 2 is 2.10 bits per heavy atom. The molecule has 0 unspecified atom stereocenters.